The molecule has 4 aromatic rings. The predicted octanol–water partition coefficient (Wildman–Crippen LogP) is 4.69. The average molecular weight is 495 g/mol. The monoisotopic (exact) mass is 494 g/mol. The van der Waals surface area contributed by atoms with Crippen molar-refractivity contribution >= 4 is 41.1 Å². The van der Waals surface area contributed by atoms with Gasteiger partial charge in [-0.15, -0.1) is 0 Å². The van der Waals surface area contributed by atoms with Crippen molar-refractivity contribution in [1.82, 2.24) is 15.0 Å². The van der Waals surface area contributed by atoms with Crippen molar-refractivity contribution in [1.29, 1.82) is 0 Å². The maximum Gasteiger partial charge on any atom is 0.250 e. The highest BCUT2D eigenvalue weighted by molar-refractivity contribution is 5.81. The molecule has 0 amide bonds. The molecular weight excluding hydrogens is 464 g/mol. The minimum atomic E-state index is 0.365. The third-order valence-corrected chi connectivity index (χ3v) is 5.92. The Kier molecular flexibility index (Phi) is 7.52. The molecule has 0 saturated carbocycles. The first-order valence-electron chi connectivity index (χ1n) is 12.2. The molecule has 1 aliphatic rings. The van der Waals surface area contributed by atoms with Crippen molar-refractivity contribution in [2.45, 2.75) is 0 Å². The van der Waals surface area contributed by atoms with Crippen molar-refractivity contribution in [2.24, 2.45) is 5.10 Å². The quantitative estimate of drug-likeness (QED) is 0.279. The van der Waals surface area contributed by atoms with Crippen LogP contribution in [0.5, 0.6) is 0 Å². The lowest BCUT2D eigenvalue weighted by atomic mass is 10.2. The Morgan fingerprint density at radius 3 is 2.00 bits per heavy atom. The van der Waals surface area contributed by atoms with Gasteiger partial charge in [-0.2, -0.15) is 20.1 Å². The van der Waals surface area contributed by atoms with E-state index in [-0.39, 0.29) is 0 Å². The molecule has 1 aliphatic heterocycles. The zero-order valence-corrected chi connectivity index (χ0v) is 21.0. The Labute approximate surface area is 217 Å². The number of hydrazone groups is 1. The molecular formula is C28H30N8O. The number of ether oxygens (including phenoxy) is 1. The van der Waals surface area contributed by atoms with Gasteiger partial charge in [0.15, 0.2) is 0 Å². The van der Waals surface area contributed by atoms with Gasteiger partial charge in [0.2, 0.25) is 17.8 Å². The lowest BCUT2D eigenvalue weighted by Gasteiger charge is -2.28. The molecule has 0 bridgehead atoms. The molecule has 9 heteroatoms. The highest BCUT2D eigenvalue weighted by Gasteiger charge is 2.21. The van der Waals surface area contributed by atoms with Crippen LogP contribution in [0.1, 0.15) is 5.56 Å². The Hall–Kier alpha value is -4.50. The third-order valence-electron chi connectivity index (χ3n) is 5.92. The van der Waals surface area contributed by atoms with Gasteiger partial charge >= 0.3 is 0 Å². The van der Waals surface area contributed by atoms with Gasteiger partial charge in [0, 0.05) is 44.2 Å². The van der Waals surface area contributed by atoms with E-state index in [1.54, 1.807) is 6.21 Å². The van der Waals surface area contributed by atoms with Crippen molar-refractivity contribution in [2.75, 3.05) is 60.5 Å². The van der Waals surface area contributed by atoms with Gasteiger partial charge in [-0.1, -0.05) is 48.5 Å². The van der Waals surface area contributed by atoms with Crippen LogP contribution >= 0.6 is 0 Å². The summed E-state index contributed by atoms with van der Waals surface area (Å²) in [7, 11) is 4.03. The Morgan fingerprint density at radius 2 is 1.41 bits per heavy atom. The normalized spacial score (nSPS) is 13.5. The summed E-state index contributed by atoms with van der Waals surface area (Å²) in [5.41, 5.74) is 7.01. The number of benzene rings is 3. The number of anilines is 6. The topological polar surface area (TPSA) is 82.0 Å². The molecule has 1 N–H and O–H groups in total. The molecule has 1 fully saturated rings. The summed E-state index contributed by atoms with van der Waals surface area (Å²) in [5, 5.41) is 4.42. The van der Waals surface area contributed by atoms with E-state index in [9.17, 15) is 0 Å². The molecule has 0 unspecified atom stereocenters. The zero-order valence-electron chi connectivity index (χ0n) is 21.0. The second-order valence-corrected chi connectivity index (χ2v) is 8.72. The van der Waals surface area contributed by atoms with Crippen molar-refractivity contribution in [3.63, 3.8) is 0 Å². The highest BCUT2D eigenvalue weighted by atomic mass is 16.5. The number of rotatable bonds is 8. The van der Waals surface area contributed by atoms with Gasteiger partial charge in [0.25, 0.3) is 0 Å². The number of hydrogen-bond donors (Lipinski definition) is 1. The fraction of sp³-hybridized carbons (Fsp3) is 0.214. The Bertz CT molecular complexity index is 1270. The van der Waals surface area contributed by atoms with Crippen LogP contribution < -0.4 is 20.1 Å². The molecule has 0 spiro atoms. The smallest absolute Gasteiger partial charge is 0.250 e. The summed E-state index contributed by atoms with van der Waals surface area (Å²) in [4.78, 5) is 20.5. The molecule has 5 rings (SSSR count). The molecule has 1 saturated heterocycles. The first kappa shape index (κ1) is 24.2. The van der Waals surface area contributed by atoms with E-state index in [0.717, 1.165) is 22.6 Å². The van der Waals surface area contributed by atoms with E-state index in [1.165, 1.54) is 0 Å². The van der Waals surface area contributed by atoms with Gasteiger partial charge in [-0.25, -0.2) is 5.43 Å². The number of hydrogen-bond acceptors (Lipinski definition) is 9. The van der Waals surface area contributed by atoms with Gasteiger partial charge in [-0.05, 0) is 42.0 Å². The summed E-state index contributed by atoms with van der Waals surface area (Å²) in [6.45, 7) is 2.68. The average Bonchev–Trinajstić information content (AvgIpc) is 2.95. The molecule has 9 nitrogen and oxygen atoms in total. The van der Waals surface area contributed by atoms with Crippen LogP contribution in [0.2, 0.25) is 0 Å². The van der Waals surface area contributed by atoms with Crippen LogP contribution in [-0.2, 0) is 4.74 Å². The van der Waals surface area contributed by atoms with Crippen molar-refractivity contribution < 1.29 is 4.74 Å². The van der Waals surface area contributed by atoms with E-state index in [0.29, 0.717) is 44.1 Å². The van der Waals surface area contributed by atoms with Crippen LogP contribution in [0.3, 0.4) is 0 Å². The first-order valence-corrected chi connectivity index (χ1v) is 12.2. The van der Waals surface area contributed by atoms with Crippen molar-refractivity contribution in [3.8, 4) is 0 Å². The lowest BCUT2D eigenvalue weighted by Crippen LogP contribution is -2.37. The van der Waals surface area contributed by atoms with Gasteiger partial charge in [0.05, 0.1) is 19.4 Å². The summed E-state index contributed by atoms with van der Waals surface area (Å²) in [6, 6.07) is 28.3. The van der Waals surface area contributed by atoms with Gasteiger partial charge in [-0.3, -0.25) is 4.90 Å². The van der Waals surface area contributed by atoms with Gasteiger partial charge < -0.3 is 14.5 Å². The Morgan fingerprint density at radius 1 is 0.784 bits per heavy atom. The highest BCUT2D eigenvalue weighted by Crippen LogP contribution is 2.33. The molecule has 1 aromatic heterocycles. The fourth-order valence-electron chi connectivity index (χ4n) is 3.97. The largest absolute Gasteiger partial charge is 0.378 e. The van der Waals surface area contributed by atoms with Crippen LogP contribution in [0.4, 0.5) is 34.9 Å². The maximum atomic E-state index is 5.54. The molecule has 0 aliphatic carbocycles. The first-order chi connectivity index (χ1) is 18.2. The van der Waals surface area contributed by atoms with Crippen LogP contribution in [0.15, 0.2) is 90.0 Å². The zero-order chi connectivity index (χ0) is 25.5. The molecule has 0 atom stereocenters. The standard InChI is InChI=1S/C28H30N8O/c1-34(2)23-15-13-22(14-16-23)21-29-33-26-30-27(35-17-19-37-20-18-35)32-28(31-26)36(24-9-5-3-6-10-24)25-11-7-4-8-12-25/h3-16,21H,17-20H2,1-2H3,(H,30,31,32,33)/b29-21+. The lowest BCUT2D eigenvalue weighted by molar-refractivity contribution is 0.122. The molecule has 2 heterocycles. The molecule has 3 aromatic carbocycles. The fourth-order valence-corrected chi connectivity index (χ4v) is 3.97. The second-order valence-electron chi connectivity index (χ2n) is 8.72. The number of aromatic nitrogens is 3. The summed E-state index contributed by atoms with van der Waals surface area (Å²) < 4.78 is 5.54. The van der Waals surface area contributed by atoms with E-state index in [2.05, 4.69) is 37.4 Å². The number of morpholine rings is 1. The van der Waals surface area contributed by atoms with Crippen molar-refractivity contribution in [3.05, 3.63) is 90.5 Å². The van der Waals surface area contributed by atoms with E-state index in [4.69, 9.17) is 14.7 Å². The summed E-state index contributed by atoms with van der Waals surface area (Å²) in [5.74, 6) is 1.45. The predicted molar refractivity (Wildman–Crippen MR) is 150 cm³/mol. The molecule has 37 heavy (non-hydrogen) atoms. The van der Waals surface area contributed by atoms with Crippen LogP contribution in [-0.4, -0.2) is 61.6 Å². The van der Waals surface area contributed by atoms with Crippen LogP contribution in [0, 0.1) is 0 Å². The number of para-hydroxylation sites is 2. The summed E-state index contributed by atoms with van der Waals surface area (Å²) >= 11 is 0. The molecule has 188 valence electrons. The maximum absolute atomic E-state index is 5.54. The molecule has 0 radical (unpaired) electrons. The van der Waals surface area contributed by atoms with Crippen LogP contribution in [0.25, 0.3) is 0 Å². The minimum absolute atomic E-state index is 0.365. The second kappa shape index (κ2) is 11.5. The third kappa shape index (κ3) is 6.02. The van der Waals surface area contributed by atoms with E-state index < -0.39 is 0 Å². The number of nitrogens with zero attached hydrogens (tertiary/aromatic N) is 7. The van der Waals surface area contributed by atoms with Gasteiger partial charge in [0.1, 0.15) is 0 Å². The van der Waals surface area contributed by atoms with E-state index in [1.807, 2.05) is 91.8 Å². The van der Waals surface area contributed by atoms with E-state index >= 15 is 0 Å². The number of nitrogens with one attached hydrogen (secondary N) is 1. The SMILES string of the molecule is CN(C)c1ccc(/C=N/Nc2nc(N3CCOCC3)nc(N(c3ccccc3)c3ccccc3)n2)cc1. The Balaban J connectivity index is 1.50. The minimum Gasteiger partial charge on any atom is -0.378 e. The summed E-state index contributed by atoms with van der Waals surface area (Å²) in [6.07, 6.45) is 1.75.